The Bertz CT molecular complexity index is 3520. The van der Waals surface area contributed by atoms with Gasteiger partial charge in [0.15, 0.2) is 17.5 Å². The van der Waals surface area contributed by atoms with Crippen molar-refractivity contribution in [1.29, 1.82) is 0 Å². The van der Waals surface area contributed by atoms with Crippen LogP contribution in [-0.2, 0) is 0 Å². The van der Waals surface area contributed by atoms with Crippen LogP contribution in [0.2, 0.25) is 0 Å². The predicted octanol–water partition coefficient (Wildman–Crippen LogP) is 15.4. The maximum absolute atomic E-state index is 6.77. The summed E-state index contributed by atoms with van der Waals surface area (Å²) >= 11 is 1.84. The quantitative estimate of drug-likeness (QED) is 0.161. The molecule has 0 unspecified atom stereocenters. The number of thiophene rings is 1. The monoisotopic (exact) mass is 798 g/mol. The van der Waals surface area contributed by atoms with E-state index < -0.39 is 0 Å². The summed E-state index contributed by atoms with van der Waals surface area (Å²) in [6.45, 7) is 0. The number of benzene rings is 9. The van der Waals surface area contributed by atoms with Crippen molar-refractivity contribution in [2.45, 2.75) is 0 Å². The van der Waals surface area contributed by atoms with Gasteiger partial charge in [0, 0.05) is 70.1 Å². The standard InChI is InChI=1S/C55H34N4OS/c1-4-15-36(16-5-1)53-56-54(37-17-6-2-7-18-37)58-55(57-53)44-24-14-25-48-51(44)47-34-45(41-21-10-11-23-43(41)52(47)60-48)35-27-29-39(30-28-35)59(38-19-8-3-9-20-38)40-31-32-50-46(33-40)42-22-12-13-26-49(42)61-50/h1-34H. The van der Waals surface area contributed by atoms with Gasteiger partial charge in [-0.15, -0.1) is 11.3 Å². The Morgan fingerprint density at radius 2 is 0.934 bits per heavy atom. The number of hydrogen-bond acceptors (Lipinski definition) is 6. The van der Waals surface area contributed by atoms with E-state index in [-0.39, 0.29) is 0 Å². The van der Waals surface area contributed by atoms with Crippen LogP contribution in [0.15, 0.2) is 211 Å². The molecule has 9 aromatic carbocycles. The van der Waals surface area contributed by atoms with Crippen molar-refractivity contribution in [2.75, 3.05) is 4.90 Å². The zero-order valence-corrected chi connectivity index (χ0v) is 33.6. The SMILES string of the molecule is c1ccc(-c2nc(-c3ccccc3)nc(-c3cccc4oc5c6ccccc6c(-c6ccc(N(c7ccccc7)c7ccc8sc9ccccc9c8c7)cc6)cc5c34)n2)cc1. The van der Waals surface area contributed by atoms with E-state index in [1.54, 1.807) is 0 Å². The Morgan fingerprint density at radius 1 is 0.361 bits per heavy atom. The molecule has 0 fully saturated rings. The molecule has 0 atom stereocenters. The third-order valence-corrected chi connectivity index (χ3v) is 12.7. The predicted molar refractivity (Wildman–Crippen MR) is 254 cm³/mol. The van der Waals surface area contributed by atoms with E-state index in [4.69, 9.17) is 19.4 Å². The van der Waals surface area contributed by atoms with Crippen LogP contribution >= 0.6 is 11.3 Å². The molecular weight excluding hydrogens is 765 g/mol. The fourth-order valence-electron chi connectivity index (χ4n) is 8.67. The Balaban J connectivity index is 1.02. The summed E-state index contributed by atoms with van der Waals surface area (Å²) in [6, 6.07) is 72.2. The molecule has 61 heavy (non-hydrogen) atoms. The number of anilines is 3. The van der Waals surface area contributed by atoms with Crippen molar-refractivity contribution in [2.24, 2.45) is 0 Å². The molecule has 0 N–H and O–H groups in total. The average molecular weight is 799 g/mol. The van der Waals surface area contributed by atoms with Gasteiger partial charge in [-0.25, -0.2) is 15.0 Å². The molecule has 0 amide bonds. The summed E-state index contributed by atoms with van der Waals surface area (Å²) in [5.74, 6) is 1.83. The first kappa shape index (κ1) is 35.1. The Labute approximate surface area is 355 Å². The third kappa shape index (κ3) is 6.04. The largest absolute Gasteiger partial charge is 0.455 e. The van der Waals surface area contributed by atoms with E-state index in [1.807, 2.05) is 84.1 Å². The van der Waals surface area contributed by atoms with E-state index in [1.165, 1.54) is 20.2 Å². The average Bonchev–Trinajstić information content (AvgIpc) is 3.91. The Morgan fingerprint density at radius 3 is 1.66 bits per heavy atom. The molecule has 0 saturated heterocycles. The first-order valence-corrected chi connectivity index (χ1v) is 21.2. The van der Waals surface area contributed by atoms with Crippen molar-refractivity contribution in [1.82, 2.24) is 15.0 Å². The highest BCUT2D eigenvalue weighted by atomic mass is 32.1. The lowest BCUT2D eigenvalue weighted by Crippen LogP contribution is -2.09. The van der Waals surface area contributed by atoms with Gasteiger partial charge < -0.3 is 9.32 Å². The molecule has 0 saturated carbocycles. The van der Waals surface area contributed by atoms with Crippen LogP contribution < -0.4 is 4.90 Å². The van der Waals surface area contributed by atoms with E-state index in [0.29, 0.717) is 17.5 Å². The minimum atomic E-state index is 0.592. The fraction of sp³-hybridized carbons (Fsp3) is 0. The second-order valence-electron chi connectivity index (χ2n) is 15.2. The van der Waals surface area contributed by atoms with Gasteiger partial charge in [-0.3, -0.25) is 0 Å². The Hall–Kier alpha value is -7.93. The maximum Gasteiger partial charge on any atom is 0.164 e. The molecule has 3 heterocycles. The van der Waals surface area contributed by atoms with Gasteiger partial charge in [0.25, 0.3) is 0 Å². The molecule has 0 bridgehead atoms. The summed E-state index contributed by atoms with van der Waals surface area (Å²) < 4.78 is 9.36. The second-order valence-corrected chi connectivity index (χ2v) is 16.2. The molecule has 0 aliphatic rings. The number of fused-ring (bicyclic) bond motifs is 8. The number of para-hydroxylation sites is 1. The number of aromatic nitrogens is 3. The molecule has 0 aliphatic carbocycles. The lowest BCUT2D eigenvalue weighted by Gasteiger charge is -2.26. The summed E-state index contributed by atoms with van der Waals surface area (Å²) in [5.41, 5.74) is 9.88. The topological polar surface area (TPSA) is 55.1 Å². The van der Waals surface area contributed by atoms with Crippen molar-refractivity contribution in [3.8, 4) is 45.3 Å². The molecule has 12 aromatic rings. The summed E-state index contributed by atoms with van der Waals surface area (Å²) in [5, 5.41) is 6.70. The van der Waals surface area contributed by atoms with Crippen LogP contribution in [0.1, 0.15) is 0 Å². The number of nitrogens with zero attached hydrogens (tertiary/aromatic N) is 4. The minimum Gasteiger partial charge on any atom is -0.455 e. The van der Waals surface area contributed by atoms with Gasteiger partial charge in [-0.05, 0) is 77.2 Å². The minimum absolute atomic E-state index is 0.592. The van der Waals surface area contributed by atoms with Crippen molar-refractivity contribution >= 4 is 81.3 Å². The van der Waals surface area contributed by atoms with Crippen molar-refractivity contribution in [3.05, 3.63) is 206 Å². The molecule has 0 aliphatic heterocycles. The van der Waals surface area contributed by atoms with Gasteiger partial charge in [0.1, 0.15) is 11.2 Å². The molecular formula is C55H34N4OS. The van der Waals surface area contributed by atoms with Crippen molar-refractivity contribution in [3.63, 3.8) is 0 Å². The van der Waals surface area contributed by atoms with Crippen LogP contribution in [0, 0.1) is 0 Å². The van der Waals surface area contributed by atoms with Gasteiger partial charge in [0.2, 0.25) is 0 Å². The maximum atomic E-state index is 6.77. The second kappa shape index (κ2) is 14.4. The van der Waals surface area contributed by atoms with Crippen LogP contribution in [0.5, 0.6) is 0 Å². The fourth-order valence-corrected chi connectivity index (χ4v) is 9.76. The summed E-state index contributed by atoms with van der Waals surface area (Å²) in [6.07, 6.45) is 0. The smallest absolute Gasteiger partial charge is 0.164 e. The first-order valence-electron chi connectivity index (χ1n) is 20.3. The molecule has 12 rings (SSSR count). The molecule has 3 aromatic heterocycles. The number of hydrogen-bond donors (Lipinski definition) is 0. The van der Waals surface area contributed by atoms with Crippen LogP contribution in [0.25, 0.3) is 98.2 Å². The van der Waals surface area contributed by atoms with Gasteiger partial charge in [0.05, 0.1) is 0 Å². The number of rotatable bonds is 7. The van der Waals surface area contributed by atoms with E-state index in [2.05, 4.69) is 138 Å². The lowest BCUT2D eigenvalue weighted by atomic mass is 9.94. The highest BCUT2D eigenvalue weighted by Crippen LogP contribution is 2.45. The molecule has 6 heteroatoms. The highest BCUT2D eigenvalue weighted by Gasteiger charge is 2.21. The molecule has 286 valence electrons. The molecule has 0 radical (unpaired) electrons. The highest BCUT2D eigenvalue weighted by molar-refractivity contribution is 7.25. The Kier molecular flexibility index (Phi) is 8.28. The van der Waals surface area contributed by atoms with Gasteiger partial charge in [-0.1, -0.05) is 146 Å². The summed E-state index contributed by atoms with van der Waals surface area (Å²) in [7, 11) is 0. The van der Waals surface area contributed by atoms with Crippen molar-refractivity contribution < 1.29 is 4.42 Å². The van der Waals surface area contributed by atoms with Crippen LogP contribution in [0.3, 0.4) is 0 Å². The zero-order valence-electron chi connectivity index (χ0n) is 32.7. The first-order chi connectivity index (χ1) is 30.2. The molecule has 5 nitrogen and oxygen atoms in total. The van der Waals surface area contributed by atoms with Crippen LogP contribution in [-0.4, -0.2) is 15.0 Å². The lowest BCUT2D eigenvalue weighted by molar-refractivity contribution is 0.672. The van der Waals surface area contributed by atoms with E-state index >= 15 is 0 Å². The molecule has 0 spiro atoms. The van der Waals surface area contributed by atoms with E-state index in [0.717, 1.165) is 77.6 Å². The summed E-state index contributed by atoms with van der Waals surface area (Å²) in [4.78, 5) is 17.5. The third-order valence-electron chi connectivity index (χ3n) is 11.5. The van der Waals surface area contributed by atoms with Gasteiger partial charge >= 0.3 is 0 Å². The normalized spacial score (nSPS) is 11.6. The zero-order chi connectivity index (χ0) is 40.3. The van der Waals surface area contributed by atoms with Crippen LogP contribution in [0.4, 0.5) is 17.1 Å². The van der Waals surface area contributed by atoms with Gasteiger partial charge in [-0.2, -0.15) is 0 Å². The number of furan rings is 1. The van der Waals surface area contributed by atoms with E-state index in [9.17, 15) is 0 Å².